The van der Waals surface area contributed by atoms with E-state index < -0.39 is 49.9 Å². The molecule has 0 saturated heterocycles. The van der Waals surface area contributed by atoms with Crippen molar-refractivity contribution in [2.45, 2.75) is 63.9 Å². The second kappa shape index (κ2) is 8.98. The van der Waals surface area contributed by atoms with Gasteiger partial charge in [-0.3, -0.25) is 4.52 Å². The largest absolute Gasteiger partial charge is 0.505 e. The van der Waals surface area contributed by atoms with Crippen LogP contribution in [0.1, 0.15) is 46.0 Å². The van der Waals surface area contributed by atoms with Crippen LogP contribution >= 0.6 is 7.82 Å². The molecule has 1 heterocycles. The summed E-state index contributed by atoms with van der Waals surface area (Å²) in [6.45, 7) is 2.26. The van der Waals surface area contributed by atoms with Gasteiger partial charge < -0.3 is 30.1 Å². The minimum Gasteiger partial charge on any atom is -0.505 e. The Bertz CT molecular complexity index is 548. The molecule has 0 radical (unpaired) electrons. The predicted octanol–water partition coefficient (Wildman–Crippen LogP) is 1.41. The van der Waals surface area contributed by atoms with E-state index >= 15 is 0 Å². The van der Waals surface area contributed by atoms with E-state index in [1.165, 1.54) is 6.92 Å². The van der Waals surface area contributed by atoms with E-state index in [2.05, 4.69) is 9.26 Å². The van der Waals surface area contributed by atoms with Gasteiger partial charge in [-0.15, -0.1) is 0 Å². The SMILES string of the molecule is CCCCCCC(C)OP(=O)(O)O[C@](O)(CO)[C@H]1OC(=O)C(O)=C1O. The Kier molecular flexibility index (Phi) is 7.86. The molecule has 2 unspecified atom stereocenters. The van der Waals surface area contributed by atoms with Gasteiger partial charge in [-0.2, -0.15) is 0 Å². The molecule has 0 aromatic heterocycles. The number of hydrogen-bond donors (Lipinski definition) is 5. The van der Waals surface area contributed by atoms with E-state index in [9.17, 15) is 34.7 Å². The van der Waals surface area contributed by atoms with Crippen LogP contribution in [-0.4, -0.2) is 55.9 Å². The lowest BCUT2D eigenvalue weighted by Crippen LogP contribution is -2.49. The Hall–Kier alpha value is -1.16. The van der Waals surface area contributed by atoms with Gasteiger partial charge in [-0.05, 0) is 13.3 Å². The lowest BCUT2D eigenvalue weighted by atomic mass is 10.1. The molecule has 0 aliphatic carbocycles. The summed E-state index contributed by atoms with van der Waals surface area (Å²) in [5, 5.41) is 38.2. The zero-order valence-electron chi connectivity index (χ0n) is 14.1. The maximum atomic E-state index is 12.1. The highest BCUT2D eigenvalue weighted by atomic mass is 31.2. The Morgan fingerprint density at radius 1 is 1.32 bits per heavy atom. The van der Waals surface area contributed by atoms with E-state index in [-0.39, 0.29) is 0 Å². The minimum absolute atomic E-state index is 0.468. The van der Waals surface area contributed by atoms with Gasteiger partial charge in [0.2, 0.25) is 17.7 Å². The lowest BCUT2D eigenvalue weighted by molar-refractivity contribution is -0.234. The molecule has 0 saturated carbocycles. The molecule has 1 aliphatic rings. The van der Waals surface area contributed by atoms with E-state index in [0.717, 1.165) is 25.7 Å². The highest BCUT2D eigenvalue weighted by Gasteiger charge is 2.53. The molecule has 25 heavy (non-hydrogen) atoms. The smallest absolute Gasteiger partial charge is 0.475 e. The molecule has 1 rings (SSSR count). The molecule has 0 spiro atoms. The third-order valence-corrected chi connectivity index (χ3v) is 4.77. The molecule has 0 aromatic carbocycles. The van der Waals surface area contributed by atoms with Crippen molar-refractivity contribution in [3.05, 3.63) is 11.5 Å². The van der Waals surface area contributed by atoms with Gasteiger partial charge in [-0.25, -0.2) is 13.9 Å². The number of phosphoric ester groups is 1. The zero-order chi connectivity index (χ0) is 19.3. The van der Waals surface area contributed by atoms with Gasteiger partial charge in [0.05, 0.1) is 6.10 Å². The average molecular weight is 384 g/mol. The predicted molar refractivity (Wildman–Crippen MR) is 84.4 cm³/mol. The standard InChI is InChI=1S/C14H25O10P/c1-3-4-5-6-7-9(2)23-25(20,21)24-14(19,8-15)12-10(16)11(17)13(18)22-12/h9,12,15-17,19H,3-8H2,1-2H3,(H,20,21)/t9?,12-,14+/m0/s1. The van der Waals surface area contributed by atoms with Crippen molar-refractivity contribution in [3.8, 4) is 0 Å². The van der Waals surface area contributed by atoms with Crippen LogP contribution < -0.4 is 0 Å². The average Bonchev–Trinajstić information content (AvgIpc) is 2.78. The number of hydrogen-bond acceptors (Lipinski definition) is 9. The number of aliphatic hydroxyl groups is 4. The summed E-state index contributed by atoms with van der Waals surface area (Å²) >= 11 is 0. The molecular formula is C14H25O10P. The highest BCUT2D eigenvalue weighted by molar-refractivity contribution is 7.47. The summed E-state index contributed by atoms with van der Waals surface area (Å²) in [6.07, 6.45) is 1.45. The number of carbonyl (C=O) groups excluding carboxylic acids is 1. The van der Waals surface area contributed by atoms with Gasteiger partial charge in [0.1, 0.15) is 6.61 Å². The number of phosphoric acid groups is 1. The summed E-state index contributed by atoms with van der Waals surface area (Å²) in [5.41, 5.74) is 0. The summed E-state index contributed by atoms with van der Waals surface area (Å²) in [6, 6.07) is 0. The van der Waals surface area contributed by atoms with Crippen molar-refractivity contribution in [1.29, 1.82) is 0 Å². The summed E-state index contributed by atoms with van der Waals surface area (Å²) in [4.78, 5) is 20.9. The van der Waals surface area contributed by atoms with E-state index in [4.69, 9.17) is 4.52 Å². The number of ether oxygens (including phenoxy) is 1. The Morgan fingerprint density at radius 2 is 1.96 bits per heavy atom. The van der Waals surface area contributed by atoms with Crippen LogP contribution in [0.2, 0.25) is 0 Å². The molecule has 0 bridgehead atoms. The first-order chi connectivity index (χ1) is 11.6. The van der Waals surface area contributed by atoms with Gasteiger partial charge in [0, 0.05) is 0 Å². The molecule has 0 aromatic rings. The van der Waals surface area contributed by atoms with Crippen molar-refractivity contribution < 1.29 is 48.5 Å². The van der Waals surface area contributed by atoms with Gasteiger partial charge >= 0.3 is 13.8 Å². The Labute approximate surface area is 145 Å². The van der Waals surface area contributed by atoms with E-state index in [0.29, 0.717) is 6.42 Å². The number of carbonyl (C=O) groups is 1. The highest BCUT2D eigenvalue weighted by Crippen LogP contribution is 2.50. The fraction of sp³-hybridized carbons (Fsp3) is 0.786. The second-order valence-electron chi connectivity index (χ2n) is 5.85. The van der Waals surface area contributed by atoms with Gasteiger partial charge in [0.25, 0.3) is 0 Å². The van der Waals surface area contributed by atoms with Crippen molar-refractivity contribution >= 4 is 13.8 Å². The first-order valence-corrected chi connectivity index (χ1v) is 9.44. The quantitative estimate of drug-likeness (QED) is 0.152. The number of esters is 1. The van der Waals surface area contributed by atoms with E-state index in [1.807, 2.05) is 6.92 Å². The first-order valence-electron chi connectivity index (χ1n) is 7.94. The number of cyclic esters (lactones) is 1. The minimum atomic E-state index is -4.88. The fourth-order valence-corrected chi connectivity index (χ4v) is 3.43. The van der Waals surface area contributed by atoms with E-state index in [1.54, 1.807) is 0 Å². The fourth-order valence-electron chi connectivity index (χ4n) is 2.27. The summed E-state index contributed by atoms with van der Waals surface area (Å²) in [5.74, 6) is -6.68. The molecular weight excluding hydrogens is 359 g/mol. The van der Waals surface area contributed by atoms with Gasteiger partial charge in [0.15, 0.2) is 5.76 Å². The van der Waals surface area contributed by atoms with Crippen LogP contribution in [0, 0.1) is 0 Å². The van der Waals surface area contributed by atoms with Crippen LogP contribution in [0.15, 0.2) is 11.5 Å². The van der Waals surface area contributed by atoms with Crippen LogP contribution in [0.5, 0.6) is 0 Å². The third kappa shape index (κ3) is 5.95. The van der Waals surface area contributed by atoms with Crippen LogP contribution in [0.25, 0.3) is 0 Å². The Balaban J connectivity index is 2.72. The maximum absolute atomic E-state index is 12.1. The first kappa shape index (κ1) is 21.9. The molecule has 10 nitrogen and oxygen atoms in total. The monoisotopic (exact) mass is 384 g/mol. The summed E-state index contributed by atoms with van der Waals surface area (Å²) < 4.78 is 25.9. The topological polar surface area (TPSA) is 163 Å². The molecule has 1 aliphatic heterocycles. The van der Waals surface area contributed by atoms with Crippen molar-refractivity contribution in [2.24, 2.45) is 0 Å². The normalized spacial score (nSPS) is 23.9. The zero-order valence-corrected chi connectivity index (χ0v) is 15.0. The molecule has 0 amide bonds. The molecule has 11 heteroatoms. The van der Waals surface area contributed by atoms with Crippen LogP contribution in [0.3, 0.4) is 0 Å². The van der Waals surface area contributed by atoms with Crippen molar-refractivity contribution in [2.75, 3.05) is 6.61 Å². The molecule has 146 valence electrons. The number of rotatable bonds is 11. The maximum Gasteiger partial charge on any atom is 0.475 e. The molecule has 0 fully saturated rings. The van der Waals surface area contributed by atoms with Crippen LogP contribution in [0.4, 0.5) is 0 Å². The van der Waals surface area contributed by atoms with Gasteiger partial charge in [-0.1, -0.05) is 32.6 Å². The summed E-state index contributed by atoms with van der Waals surface area (Å²) in [7, 11) is -4.88. The van der Waals surface area contributed by atoms with Crippen LogP contribution in [-0.2, 0) is 23.1 Å². The second-order valence-corrected chi connectivity index (χ2v) is 7.18. The Morgan fingerprint density at radius 3 is 2.44 bits per heavy atom. The van der Waals surface area contributed by atoms with Crippen molar-refractivity contribution in [1.82, 2.24) is 0 Å². The van der Waals surface area contributed by atoms with Crippen molar-refractivity contribution in [3.63, 3.8) is 0 Å². The molecule has 4 atom stereocenters. The molecule has 5 N–H and O–H groups in total. The third-order valence-electron chi connectivity index (χ3n) is 3.60. The number of unbranched alkanes of at least 4 members (excludes halogenated alkanes) is 3. The number of aliphatic hydroxyl groups excluding tert-OH is 3. The lowest BCUT2D eigenvalue weighted by Gasteiger charge is -2.31.